The molecule has 148 valence electrons. The topological polar surface area (TPSA) is 64.7 Å². The van der Waals surface area contributed by atoms with E-state index in [0.29, 0.717) is 31.0 Å². The predicted molar refractivity (Wildman–Crippen MR) is 103 cm³/mol. The molecule has 1 saturated heterocycles. The molecular weight excluding hydrogens is 366 g/mol. The third-order valence-corrected chi connectivity index (χ3v) is 4.46. The second kappa shape index (κ2) is 8.69. The van der Waals surface area contributed by atoms with E-state index in [9.17, 15) is 18.4 Å². The molecule has 2 aromatic rings. The number of nitrogens with zero attached hydrogens (tertiary/aromatic N) is 2. The lowest BCUT2D eigenvalue weighted by Crippen LogP contribution is -2.49. The van der Waals surface area contributed by atoms with Gasteiger partial charge in [-0.3, -0.25) is 4.90 Å². The monoisotopic (exact) mass is 388 g/mol. The highest BCUT2D eigenvalue weighted by Crippen LogP contribution is 2.24. The Kier molecular flexibility index (Phi) is 6.08. The molecule has 0 aromatic heterocycles. The first-order valence-electron chi connectivity index (χ1n) is 9.13. The summed E-state index contributed by atoms with van der Waals surface area (Å²) in [6.45, 7) is 3.48. The van der Waals surface area contributed by atoms with Crippen LogP contribution in [0.2, 0.25) is 0 Å². The maximum Gasteiger partial charge on any atom is 0.324 e. The van der Waals surface area contributed by atoms with Gasteiger partial charge in [-0.15, -0.1) is 0 Å². The van der Waals surface area contributed by atoms with Crippen molar-refractivity contribution >= 4 is 23.4 Å². The Morgan fingerprint density at radius 1 is 1.11 bits per heavy atom. The van der Waals surface area contributed by atoms with E-state index in [1.165, 1.54) is 12.1 Å². The number of carbonyl (C=O) groups is 2. The molecule has 1 aliphatic rings. The van der Waals surface area contributed by atoms with E-state index in [1.54, 1.807) is 34.1 Å². The summed E-state index contributed by atoms with van der Waals surface area (Å²) in [7, 11) is 0. The number of hydrogen-bond donors (Lipinski definition) is 2. The van der Waals surface area contributed by atoms with Crippen LogP contribution < -0.4 is 15.5 Å². The van der Waals surface area contributed by atoms with Gasteiger partial charge < -0.3 is 15.5 Å². The Morgan fingerprint density at radius 3 is 2.54 bits per heavy atom. The molecule has 0 spiro atoms. The molecule has 3 rings (SSSR count). The van der Waals surface area contributed by atoms with Gasteiger partial charge in [-0.25, -0.2) is 18.4 Å². The summed E-state index contributed by atoms with van der Waals surface area (Å²) in [5.74, 6) is -1.31. The number of urea groups is 2. The lowest BCUT2D eigenvalue weighted by molar-refractivity contribution is 0.191. The van der Waals surface area contributed by atoms with Gasteiger partial charge in [0.1, 0.15) is 11.6 Å². The van der Waals surface area contributed by atoms with Gasteiger partial charge in [0.15, 0.2) is 0 Å². The maximum absolute atomic E-state index is 13.9. The van der Waals surface area contributed by atoms with Crippen LogP contribution in [0.5, 0.6) is 0 Å². The number of hydrogen-bond acceptors (Lipinski definition) is 2. The number of benzene rings is 2. The minimum atomic E-state index is -0.661. The molecule has 0 bridgehead atoms. The third-order valence-electron chi connectivity index (χ3n) is 4.46. The Bertz CT molecular complexity index is 858. The molecule has 0 radical (unpaired) electrons. The summed E-state index contributed by atoms with van der Waals surface area (Å²) in [6.07, 6.45) is 0.730. The summed E-state index contributed by atoms with van der Waals surface area (Å²) in [4.78, 5) is 27.6. The molecule has 8 heteroatoms. The van der Waals surface area contributed by atoms with Crippen molar-refractivity contribution in [1.29, 1.82) is 0 Å². The van der Waals surface area contributed by atoms with E-state index < -0.39 is 11.6 Å². The average Bonchev–Trinajstić information content (AvgIpc) is 2.66. The Morgan fingerprint density at radius 2 is 1.86 bits per heavy atom. The number of rotatable bonds is 5. The molecule has 0 atom stereocenters. The molecule has 2 aromatic carbocycles. The van der Waals surface area contributed by atoms with Gasteiger partial charge in [-0.05, 0) is 43.7 Å². The molecular formula is C20H22F2N4O2. The quantitative estimate of drug-likeness (QED) is 0.815. The Hall–Kier alpha value is -3.16. The highest BCUT2D eigenvalue weighted by Gasteiger charge is 2.27. The van der Waals surface area contributed by atoms with Gasteiger partial charge >= 0.3 is 12.1 Å². The smallest absolute Gasteiger partial charge is 0.324 e. The normalized spacial score (nSPS) is 14.2. The zero-order valence-electron chi connectivity index (χ0n) is 15.5. The number of halogens is 2. The van der Waals surface area contributed by atoms with Gasteiger partial charge in [-0.1, -0.05) is 6.07 Å². The zero-order valence-corrected chi connectivity index (χ0v) is 15.5. The first-order valence-corrected chi connectivity index (χ1v) is 9.13. The first kappa shape index (κ1) is 19.6. The molecule has 6 nitrogen and oxygen atoms in total. The molecule has 0 aliphatic carbocycles. The second-order valence-electron chi connectivity index (χ2n) is 6.48. The van der Waals surface area contributed by atoms with E-state index in [4.69, 9.17) is 0 Å². The largest absolute Gasteiger partial charge is 0.338 e. The summed E-state index contributed by atoms with van der Waals surface area (Å²) in [6, 6.07) is 9.78. The van der Waals surface area contributed by atoms with Crippen molar-refractivity contribution in [3.8, 4) is 0 Å². The molecule has 1 fully saturated rings. The lowest BCUT2D eigenvalue weighted by Gasteiger charge is -2.35. The lowest BCUT2D eigenvalue weighted by atomic mass is 10.1. The molecule has 2 N–H and O–H groups in total. The molecule has 1 heterocycles. The highest BCUT2D eigenvalue weighted by molar-refractivity contribution is 5.93. The van der Waals surface area contributed by atoms with Gasteiger partial charge in [0.25, 0.3) is 0 Å². The van der Waals surface area contributed by atoms with Crippen molar-refractivity contribution in [2.75, 3.05) is 29.9 Å². The minimum absolute atomic E-state index is 0.0816. The number of amides is 4. The van der Waals surface area contributed by atoms with Crippen molar-refractivity contribution < 1.29 is 18.4 Å². The highest BCUT2D eigenvalue weighted by atomic mass is 19.1. The Labute approximate surface area is 162 Å². The van der Waals surface area contributed by atoms with Crippen LogP contribution in [0.1, 0.15) is 18.9 Å². The number of carbonyl (C=O) groups excluding carboxylic acids is 2. The summed E-state index contributed by atoms with van der Waals surface area (Å²) < 4.78 is 27.0. The number of anilines is 2. The molecule has 4 amide bonds. The third kappa shape index (κ3) is 4.57. The van der Waals surface area contributed by atoms with Crippen LogP contribution in [0, 0.1) is 11.6 Å². The van der Waals surface area contributed by atoms with Crippen molar-refractivity contribution in [3.05, 3.63) is 59.7 Å². The van der Waals surface area contributed by atoms with E-state index in [1.807, 2.05) is 6.92 Å². The fourth-order valence-electron chi connectivity index (χ4n) is 3.08. The van der Waals surface area contributed by atoms with E-state index >= 15 is 0 Å². The average molecular weight is 388 g/mol. The van der Waals surface area contributed by atoms with Crippen molar-refractivity contribution in [1.82, 2.24) is 10.2 Å². The van der Waals surface area contributed by atoms with Gasteiger partial charge in [0, 0.05) is 42.6 Å². The van der Waals surface area contributed by atoms with E-state index in [2.05, 4.69) is 10.6 Å². The summed E-state index contributed by atoms with van der Waals surface area (Å²) >= 11 is 0. The Balaban J connectivity index is 1.69. The van der Waals surface area contributed by atoms with Gasteiger partial charge in [-0.2, -0.15) is 0 Å². The standard InChI is InChI=1S/C20H22F2N4O2/c1-2-23-19(27)24-16-6-8-17(9-7-16)26-11-3-10-25(20(26)28)13-14-4-5-15(21)12-18(14)22/h4-9,12H,2-3,10-11,13H2,1H3,(H2,23,24,27). The SMILES string of the molecule is CCNC(=O)Nc1ccc(N2CCCN(Cc3ccc(F)cc3F)C2=O)cc1. The fraction of sp³-hybridized carbons (Fsp3) is 0.300. The molecule has 1 aliphatic heterocycles. The molecule has 0 unspecified atom stereocenters. The van der Waals surface area contributed by atoms with Crippen molar-refractivity contribution in [3.63, 3.8) is 0 Å². The van der Waals surface area contributed by atoms with E-state index in [0.717, 1.165) is 12.5 Å². The predicted octanol–water partition coefficient (Wildman–Crippen LogP) is 3.94. The zero-order chi connectivity index (χ0) is 20.1. The van der Waals surface area contributed by atoms with Gasteiger partial charge in [0.05, 0.1) is 6.54 Å². The van der Waals surface area contributed by atoms with Crippen LogP contribution in [-0.4, -0.2) is 36.6 Å². The van der Waals surface area contributed by atoms with Crippen LogP contribution >= 0.6 is 0 Å². The minimum Gasteiger partial charge on any atom is -0.338 e. The van der Waals surface area contributed by atoms with Crippen LogP contribution in [0.15, 0.2) is 42.5 Å². The van der Waals surface area contributed by atoms with Crippen molar-refractivity contribution in [2.45, 2.75) is 19.9 Å². The van der Waals surface area contributed by atoms with Crippen LogP contribution in [0.3, 0.4) is 0 Å². The fourth-order valence-corrected chi connectivity index (χ4v) is 3.08. The summed E-state index contributed by atoms with van der Waals surface area (Å²) in [5.41, 5.74) is 1.58. The van der Waals surface area contributed by atoms with Crippen LogP contribution in [0.25, 0.3) is 0 Å². The van der Waals surface area contributed by atoms with E-state index in [-0.39, 0.29) is 24.2 Å². The number of nitrogens with one attached hydrogen (secondary N) is 2. The summed E-state index contributed by atoms with van der Waals surface area (Å²) in [5, 5.41) is 5.34. The maximum atomic E-state index is 13.9. The van der Waals surface area contributed by atoms with Gasteiger partial charge in [0.2, 0.25) is 0 Å². The second-order valence-corrected chi connectivity index (χ2v) is 6.48. The van der Waals surface area contributed by atoms with Crippen LogP contribution in [-0.2, 0) is 6.54 Å². The molecule has 28 heavy (non-hydrogen) atoms. The molecule has 0 saturated carbocycles. The van der Waals surface area contributed by atoms with Crippen LogP contribution in [0.4, 0.5) is 29.7 Å². The van der Waals surface area contributed by atoms with Crippen molar-refractivity contribution in [2.24, 2.45) is 0 Å². The first-order chi connectivity index (χ1) is 13.5.